The molecular formula is C36H46N4O. The van der Waals surface area contributed by atoms with Gasteiger partial charge in [0.05, 0.1) is 6.67 Å². The number of amides is 1. The molecule has 41 heavy (non-hydrogen) atoms. The van der Waals surface area contributed by atoms with Crippen molar-refractivity contribution in [1.82, 2.24) is 14.7 Å². The Balaban J connectivity index is 1.17. The summed E-state index contributed by atoms with van der Waals surface area (Å²) in [6, 6.07) is 33.1. The Morgan fingerprint density at radius 1 is 0.854 bits per heavy atom. The summed E-state index contributed by atoms with van der Waals surface area (Å²) in [7, 11) is 4.27. The maximum Gasteiger partial charge on any atom is 0.249 e. The summed E-state index contributed by atoms with van der Waals surface area (Å²) in [6.07, 6.45) is 6.63. The number of rotatable bonds is 8. The largest absolute Gasteiger partial charge is 0.339 e. The van der Waals surface area contributed by atoms with Crippen LogP contribution in [0.5, 0.6) is 0 Å². The molecule has 1 aliphatic carbocycles. The molecule has 1 spiro atoms. The molecule has 3 aromatic rings. The number of benzene rings is 3. The Bertz CT molecular complexity index is 1260. The fourth-order valence-corrected chi connectivity index (χ4v) is 7.88. The predicted octanol–water partition coefficient (Wildman–Crippen LogP) is 5.88. The average Bonchev–Trinajstić information content (AvgIpc) is 3.27. The highest BCUT2D eigenvalue weighted by molar-refractivity contribution is 5.93. The molecule has 0 aromatic heterocycles. The molecule has 0 N–H and O–H groups in total. The summed E-state index contributed by atoms with van der Waals surface area (Å²) in [4.78, 5) is 23.3. The highest BCUT2D eigenvalue weighted by atomic mass is 16.2. The van der Waals surface area contributed by atoms with Crippen LogP contribution in [0.3, 0.4) is 0 Å². The van der Waals surface area contributed by atoms with E-state index in [0.29, 0.717) is 30.5 Å². The van der Waals surface area contributed by atoms with Crippen LogP contribution in [0, 0.1) is 5.92 Å². The number of carbonyl (C=O) groups is 1. The van der Waals surface area contributed by atoms with E-state index in [9.17, 15) is 4.79 Å². The average molecular weight is 551 g/mol. The lowest BCUT2D eigenvalue weighted by Gasteiger charge is -2.49. The number of anilines is 1. The molecule has 1 amide bonds. The zero-order valence-electron chi connectivity index (χ0n) is 24.9. The van der Waals surface area contributed by atoms with Gasteiger partial charge in [-0.15, -0.1) is 0 Å². The number of carbonyl (C=O) groups excluding carboxylic acids is 1. The first kappa shape index (κ1) is 28.0. The Hall–Kier alpha value is -3.15. The Labute approximate surface area is 246 Å². The highest BCUT2D eigenvalue weighted by Gasteiger charge is 2.53. The molecule has 5 nitrogen and oxygen atoms in total. The zero-order chi connectivity index (χ0) is 28.2. The number of likely N-dealkylation sites (tertiary alicyclic amines) is 1. The summed E-state index contributed by atoms with van der Waals surface area (Å²) >= 11 is 0. The number of hydrogen-bond acceptors (Lipinski definition) is 4. The van der Waals surface area contributed by atoms with E-state index in [1.807, 2.05) is 11.9 Å². The smallest absolute Gasteiger partial charge is 0.249 e. The minimum absolute atomic E-state index is 0.295. The van der Waals surface area contributed by atoms with E-state index in [-0.39, 0.29) is 0 Å². The van der Waals surface area contributed by atoms with E-state index in [1.165, 1.54) is 36.1 Å². The summed E-state index contributed by atoms with van der Waals surface area (Å²) in [5.41, 5.74) is 3.66. The molecular weight excluding hydrogens is 504 g/mol. The molecule has 3 atom stereocenters. The van der Waals surface area contributed by atoms with Gasteiger partial charge in [-0.2, -0.15) is 0 Å². The number of para-hydroxylation sites is 1. The number of hydrogen-bond donors (Lipinski definition) is 0. The van der Waals surface area contributed by atoms with Crippen LogP contribution >= 0.6 is 0 Å². The normalized spacial score (nSPS) is 24.9. The molecule has 3 aliphatic rings. The Morgan fingerprint density at radius 2 is 1.49 bits per heavy atom. The lowest BCUT2D eigenvalue weighted by Crippen LogP contribution is -2.59. The molecule has 216 valence electrons. The number of piperidine rings is 1. The van der Waals surface area contributed by atoms with Gasteiger partial charge in [0.1, 0.15) is 5.54 Å². The first-order valence-electron chi connectivity index (χ1n) is 15.6. The van der Waals surface area contributed by atoms with E-state index in [1.54, 1.807) is 0 Å². The number of nitrogens with zero attached hydrogens (tertiary/aromatic N) is 4. The summed E-state index contributed by atoms with van der Waals surface area (Å²) in [6.45, 7) is 4.87. The second kappa shape index (κ2) is 12.4. The van der Waals surface area contributed by atoms with Gasteiger partial charge in [0, 0.05) is 45.0 Å². The lowest BCUT2D eigenvalue weighted by atomic mass is 9.73. The van der Waals surface area contributed by atoms with E-state index in [4.69, 9.17) is 0 Å². The summed E-state index contributed by atoms with van der Waals surface area (Å²) < 4.78 is 0. The van der Waals surface area contributed by atoms with Crippen molar-refractivity contribution in [2.45, 2.75) is 56.0 Å². The van der Waals surface area contributed by atoms with E-state index in [0.717, 1.165) is 45.4 Å². The molecule has 6 rings (SSSR count). The van der Waals surface area contributed by atoms with Gasteiger partial charge in [-0.05, 0) is 80.7 Å². The van der Waals surface area contributed by atoms with Gasteiger partial charge in [0.15, 0.2) is 0 Å². The van der Waals surface area contributed by atoms with Gasteiger partial charge in [0.2, 0.25) is 5.91 Å². The molecule has 3 unspecified atom stereocenters. The summed E-state index contributed by atoms with van der Waals surface area (Å²) in [5, 5.41) is 0. The molecule has 2 saturated heterocycles. The summed E-state index contributed by atoms with van der Waals surface area (Å²) in [5.74, 6) is 1.56. The van der Waals surface area contributed by atoms with Gasteiger partial charge in [-0.1, -0.05) is 78.9 Å². The van der Waals surface area contributed by atoms with Gasteiger partial charge >= 0.3 is 0 Å². The Kier molecular flexibility index (Phi) is 8.45. The van der Waals surface area contributed by atoms with E-state index >= 15 is 0 Å². The second-order valence-electron chi connectivity index (χ2n) is 12.7. The SMILES string of the molecule is CN(CCc1ccccc1)CC1CCC(c2ccccc2)CC1N1CCC2(CC1)C(=O)N(C)CN2c1ccccc1. The molecule has 0 bridgehead atoms. The van der Waals surface area contributed by atoms with Crippen molar-refractivity contribution in [3.8, 4) is 0 Å². The van der Waals surface area contributed by atoms with Crippen molar-refractivity contribution in [2.75, 3.05) is 51.8 Å². The van der Waals surface area contributed by atoms with Gasteiger partial charge in [0.25, 0.3) is 0 Å². The van der Waals surface area contributed by atoms with Crippen molar-refractivity contribution in [3.05, 3.63) is 102 Å². The van der Waals surface area contributed by atoms with Crippen molar-refractivity contribution >= 4 is 11.6 Å². The second-order valence-corrected chi connectivity index (χ2v) is 12.7. The third kappa shape index (κ3) is 5.93. The monoisotopic (exact) mass is 550 g/mol. The van der Waals surface area contributed by atoms with Crippen LogP contribution in [0.4, 0.5) is 5.69 Å². The van der Waals surface area contributed by atoms with Crippen molar-refractivity contribution < 1.29 is 4.79 Å². The first-order chi connectivity index (χ1) is 20.0. The van der Waals surface area contributed by atoms with Crippen molar-refractivity contribution in [2.24, 2.45) is 5.92 Å². The first-order valence-corrected chi connectivity index (χ1v) is 15.6. The van der Waals surface area contributed by atoms with Crippen LogP contribution in [-0.4, -0.2) is 79.1 Å². The fourth-order valence-electron chi connectivity index (χ4n) is 7.88. The molecule has 3 aromatic carbocycles. The quantitative estimate of drug-likeness (QED) is 0.350. The van der Waals surface area contributed by atoms with Crippen LogP contribution in [0.2, 0.25) is 0 Å². The minimum Gasteiger partial charge on any atom is -0.339 e. The zero-order valence-corrected chi connectivity index (χ0v) is 24.9. The maximum atomic E-state index is 13.6. The van der Waals surface area contributed by atoms with Crippen molar-refractivity contribution in [3.63, 3.8) is 0 Å². The molecule has 0 radical (unpaired) electrons. The standard InChI is InChI=1S/C36H46N4O/c1-37(23-20-29-12-6-3-7-13-29)27-32-19-18-31(30-14-8-4-9-15-30)26-34(32)39-24-21-36(22-25-39)35(41)38(2)28-40(36)33-16-10-5-11-17-33/h3-17,31-32,34H,18-28H2,1-2H3. The third-order valence-corrected chi connectivity index (χ3v) is 10.2. The lowest BCUT2D eigenvalue weighted by molar-refractivity contribution is -0.132. The molecule has 5 heteroatoms. The van der Waals surface area contributed by atoms with Crippen LogP contribution in [0.15, 0.2) is 91.0 Å². The van der Waals surface area contributed by atoms with Crippen LogP contribution < -0.4 is 4.90 Å². The predicted molar refractivity (Wildman–Crippen MR) is 168 cm³/mol. The highest BCUT2D eigenvalue weighted by Crippen LogP contribution is 2.43. The molecule has 1 saturated carbocycles. The molecule has 2 heterocycles. The van der Waals surface area contributed by atoms with Crippen LogP contribution in [0.25, 0.3) is 0 Å². The molecule has 2 aliphatic heterocycles. The van der Waals surface area contributed by atoms with Gasteiger partial charge in [-0.3, -0.25) is 9.69 Å². The van der Waals surface area contributed by atoms with Gasteiger partial charge in [-0.25, -0.2) is 0 Å². The maximum absolute atomic E-state index is 13.6. The fraction of sp³-hybridized carbons (Fsp3) is 0.472. The number of likely N-dealkylation sites (N-methyl/N-ethyl adjacent to an activating group) is 2. The molecule has 3 fully saturated rings. The third-order valence-electron chi connectivity index (χ3n) is 10.2. The van der Waals surface area contributed by atoms with E-state index < -0.39 is 5.54 Å². The van der Waals surface area contributed by atoms with Crippen LogP contribution in [-0.2, 0) is 11.2 Å². The van der Waals surface area contributed by atoms with Crippen molar-refractivity contribution in [1.29, 1.82) is 0 Å². The van der Waals surface area contributed by atoms with Gasteiger partial charge < -0.3 is 14.7 Å². The van der Waals surface area contributed by atoms with E-state index in [2.05, 4.69) is 113 Å². The van der Waals surface area contributed by atoms with Crippen LogP contribution in [0.1, 0.15) is 49.1 Å². The Morgan fingerprint density at radius 3 is 2.17 bits per heavy atom. The minimum atomic E-state index is -0.415. The topological polar surface area (TPSA) is 30.0 Å².